The number of ether oxygens (including phenoxy) is 5. The van der Waals surface area contributed by atoms with Crippen molar-refractivity contribution < 1.29 is 33.3 Å². The molecule has 5 atom stereocenters. The maximum Gasteiger partial charge on any atom is 0.303 e. The minimum atomic E-state index is -0.779. The van der Waals surface area contributed by atoms with Crippen molar-refractivity contribution in [3.63, 3.8) is 0 Å². The van der Waals surface area contributed by atoms with Crippen molar-refractivity contribution in [2.24, 2.45) is 5.92 Å². The summed E-state index contributed by atoms with van der Waals surface area (Å²) in [5.74, 6) is -0.120. The van der Waals surface area contributed by atoms with Gasteiger partial charge in [-0.15, -0.1) is 0 Å². The molecule has 0 bridgehead atoms. The Bertz CT molecular complexity index is 688. The molecule has 0 spiro atoms. The Labute approximate surface area is 185 Å². The minimum Gasteiger partial charge on any atom is -0.497 e. The quantitative estimate of drug-likeness (QED) is 0.382. The summed E-state index contributed by atoms with van der Waals surface area (Å²) in [6.07, 6.45) is 2.35. The van der Waals surface area contributed by atoms with Gasteiger partial charge in [0.25, 0.3) is 0 Å². The molecule has 1 saturated heterocycles. The summed E-state index contributed by atoms with van der Waals surface area (Å²) in [5, 5.41) is 0. The highest BCUT2D eigenvalue weighted by molar-refractivity contribution is 5.67. The number of hydrogen-bond donors (Lipinski definition) is 0. The number of benzene rings is 1. The van der Waals surface area contributed by atoms with Crippen molar-refractivity contribution in [2.45, 2.75) is 84.4 Å². The summed E-state index contributed by atoms with van der Waals surface area (Å²) in [5.41, 5.74) is 1.27. The molecule has 174 valence electrons. The van der Waals surface area contributed by atoms with Gasteiger partial charge in [0.05, 0.1) is 13.2 Å². The predicted octanol–water partition coefficient (Wildman–Crippen LogP) is 4.06. The number of carbonyl (C=O) groups is 2. The Morgan fingerprint density at radius 1 is 0.968 bits per heavy atom. The normalized spacial score (nSPS) is 25.6. The molecule has 0 unspecified atom stereocenters. The van der Waals surface area contributed by atoms with Gasteiger partial charge in [0, 0.05) is 26.4 Å². The first kappa shape index (κ1) is 25.1. The molecule has 7 heteroatoms. The molecule has 1 aliphatic heterocycles. The molecule has 0 aromatic heterocycles. The van der Waals surface area contributed by atoms with Crippen LogP contribution < -0.4 is 4.74 Å². The summed E-state index contributed by atoms with van der Waals surface area (Å²) in [7, 11) is 1.66. The van der Waals surface area contributed by atoms with Gasteiger partial charge < -0.3 is 23.7 Å². The lowest BCUT2D eigenvalue weighted by Crippen LogP contribution is -2.57. The first-order valence-corrected chi connectivity index (χ1v) is 11.1. The van der Waals surface area contributed by atoms with Gasteiger partial charge >= 0.3 is 11.9 Å². The summed E-state index contributed by atoms with van der Waals surface area (Å²) < 4.78 is 28.2. The van der Waals surface area contributed by atoms with Crippen molar-refractivity contribution in [1.29, 1.82) is 0 Å². The first-order chi connectivity index (χ1) is 14.8. The summed E-state index contributed by atoms with van der Waals surface area (Å²) in [6.45, 7) is 7.11. The second kappa shape index (κ2) is 12.7. The van der Waals surface area contributed by atoms with Crippen LogP contribution in [0.5, 0.6) is 5.75 Å². The number of methoxy groups -OCH3 is 1. The van der Waals surface area contributed by atoms with E-state index >= 15 is 0 Å². The molecule has 0 aliphatic carbocycles. The second-order valence-corrected chi connectivity index (χ2v) is 7.99. The second-order valence-electron chi connectivity index (χ2n) is 7.99. The van der Waals surface area contributed by atoms with Gasteiger partial charge in [-0.05, 0) is 43.4 Å². The van der Waals surface area contributed by atoms with Gasteiger partial charge in [0.1, 0.15) is 11.9 Å². The summed E-state index contributed by atoms with van der Waals surface area (Å²) in [4.78, 5) is 23.3. The molecule has 1 aliphatic rings. The maximum absolute atomic E-state index is 11.7. The predicted molar refractivity (Wildman–Crippen MR) is 116 cm³/mol. The minimum absolute atomic E-state index is 0.109. The third kappa shape index (κ3) is 7.82. The number of esters is 2. The molecule has 7 nitrogen and oxygen atoms in total. The summed E-state index contributed by atoms with van der Waals surface area (Å²) in [6, 6.07) is 8.10. The summed E-state index contributed by atoms with van der Waals surface area (Å²) >= 11 is 0. The van der Waals surface area contributed by atoms with E-state index in [1.165, 1.54) is 19.4 Å². The van der Waals surface area contributed by atoms with Crippen molar-refractivity contribution in [3.05, 3.63) is 29.8 Å². The third-order valence-corrected chi connectivity index (χ3v) is 5.56. The van der Waals surface area contributed by atoms with E-state index in [0.29, 0.717) is 6.61 Å². The number of unbranched alkanes of at least 4 members (excludes halogenated alkanes) is 2. The van der Waals surface area contributed by atoms with E-state index in [9.17, 15) is 9.59 Å². The molecular weight excluding hydrogens is 400 g/mol. The van der Waals surface area contributed by atoms with E-state index in [0.717, 1.165) is 37.9 Å². The molecule has 1 aromatic rings. The van der Waals surface area contributed by atoms with Crippen LogP contribution in [0, 0.1) is 5.92 Å². The highest BCUT2D eigenvalue weighted by atomic mass is 16.7. The Balaban J connectivity index is 1.86. The molecule has 0 amide bonds. The highest BCUT2D eigenvalue weighted by Crippen LogP contribution is 2.32. The fraction of sp³-hybridized carbons (Fsp3) is 0.667. The standard InChI is InChI=1S/C24H36O7/c1-6-21-16(2)22(29-17(3)25)23(30-18(4)26)24(31-21)28-15-9-7-8-10-19-11-13-20(27-5)14-12-19/h11-14,16,21-24H,6-10,15H2,1-5H3/t16-,21-,22+,23-,24-/m1/s1. The van der Waals surface area contributed by atoms with Gasteiger partial charge in [-0.25, -0.2) is 0 Å². The van der Waals surface area contributed by atoms with Crippen molar-refractivity contribution in [1.82, 2.24) is 0 Å². The van der Waals surface area contributed by atoms with Crippen LogP contribution in [0.25, 0.3) is 0 Å². The fourth-order valence-electron chi connectivity index (χ4n) is 3.92. The maximum atomic E-state index is 11.7. The SMILES string of the molecule is CC[C@H]1O[C@@H](OCCCCCc2ccc(OC)cc2)[C@H](OC(C)=O)[C@@H](OC(C)=O)[C@@H]1C. The number of rotatable bonds is 11. The lowest BCUT2D eigenvalue weighted by molar-refractivity contribution is -0.290. The molecule has 0 N–H and O–H groups in total. The number of carbonyl (C=O) groups excluding carboxylic acids is 2. The first-order valence-electron chi connectivity index (χ1n) is 11.1. The zero-order chi connectivity index (χ0) is 22.8. The van der Waals surface area contributed by atoms with E-state index in [2.05, 4.69) is 12.1 Å². The van der Waals surface area contributed by atoms with Crippen LogP contribution in [-0.2, 0) is 35.0 Å². The van der Waals surface area contributed by atoms with E-state index in [1.807, 2.05) is 26.0 Å². The van der Waals surface area contributed by atoms with Crippen molar-refractivity contribution in [3.8, 4) is 5.75 Å². The molecule has 1 heterocycles. The zero-order valence-electron chi connectivity index (χ0n) is 19.3. The van der Waals surface area contributed by atoms with Crippen LogP contribution in [0.1, 0.15) is 58.9 Å². The molecule has 1 fully saturated rings. The van der Waals surface area contributed by atoms with Gasteiger partial charge in [-0.1, -0.05) is 32.4 Å². The number of hydrogen-bond acceptors (Lipinski definition) is 7. The highest BCUT2D eigenvalue weighted by Gasteiger charge is 2.47. The van der Waals surface area contributed by atoms with E-state index in [4.69, 9.17) is 23.7 Å². The van der Waals surface area contributed by atoms with Gasteiger partial charge in [0.15, 0.2) is 12.4 Å². The van der Waals surface area contributed by atoms with Crippen LogP contribution >= 0.6 is 0 Å². The molecule has 31 heavy (non-hydrogen) atoms. The molecule has 0 radical (unpaired) electrons. The van der Waals surface area contributed by atoms with Gasteiger partial charge in [0.2, 0.25) is 0 Å². The monoisotopic (exact) mass is 436 g/mol. The Morgan fingerprint density at radius 3 is 2.19 bits per heavy atom. The Kier molecular flexibility index (Phi) is 10.3. The smallest absolute Gasteiger partial charge is 0.303 e. The average Bonchev–Trinajstić information content (AvgIpc) is 2.74. The lowest BCUT2D eigenvalue weighted by Gasteiger charge is -2.43. The largest absolute Gasteiger partial charge is 0.497 e. The van der Waals surface area contributed by atoms with Gasteiger partial charge in [-0.3, -0.25) is 9.59 Å². The zero-order valence-corrected chi connectivity index (χ0v) is 19.3. The Hall–Kier alpha value is -2.12. The average molecular weight is 437 g/mol. The Morgan fingerprint density at radius 2 is 1.61 bits per heavy atom. The van der Waals surface area contributed by atoms with Crippen molar-refractivity contribution >= 4 is 11.9 Å². The van der Waals surface area contributed by atoms with Crippen LogP contribution in [0.3, 0.4) is 0 Å². The third-order valence-electron chi connectivity index (χ3n) is 5.56. The van der Waals surface area contributed by atoms with Crippen LogP contribution in [0.2, 0.25) is 0 Å². The van der Waals surface area contributed by atoms with E-state index in [-0.39, 0.29) is 12.0 Å². The fourth-order valence-corrected chi connectivity index (χ4v) is 3.92. The van der Waals surface area contributed by atoms with Crippen molar-refractivity contribution in [2.75, 3.05) is 13.7 Å². The van der Waals surface area contributed by atoms with Gasteiger partial charge in [-0.2, -0.15) is 0 Å². The topological polar surface area (TPSA) is 80.3 Å². The van der Waals surface area contributed by atoms with Crippen LogP contribution in [0.4, 0.5) is 0 Å². The molecule has 1 aromatic carbocycles. The molecular formula is C24H36O7. The molecule has 0 saturated carbocycles. The van der Waals surface area contributed by atoms with Crippen LogP contribution in [-0.4, -0.2) is 50.3 Å². The molecule has 2 rings (SSSR count). The lowest BCUT2D eigenvalue weighted by atomic mass is 9.89. The number of aryl methyl sites for hydroxylation is 1. The van der Waals surface area contributed by atoms with E-state index < -0.39 is 30.4 Å². The van der Waals surface area contributed by atoms with Crippen LogP contribution in [0.15, 0.2) is 24.3 Å². The van der Waals surface area contributed by atoms with E-state index in [1.54, 1.807) is 7.11 Å².